The van der Waals surface area contributed by atoms with Crippen LogP contribution in [0.25, 0.3) is 27.5 Å². The normalized spacial score (nSPS) is 18.0. The lowest BCUT2D eigenvalue weighted by Crippen LogP contribution is -2.37. The van der Waals surface area contributed by atoms with E-state index in [-0.39, 0.29) is 0 Å². The number of rotatable bonds is 3. The van der Waals surface area contributed by atoms with E-state index < -0.39 is 15.3 Å². The Morgan fingerprint density at radius 3 is 1.90 bits per heavy atom. The molecule has 5 heteroatoms. The third-order valence-electron chi connectivity index (χ3n) is 10.2. The second-order valence-corrected chi connectivity index (χ2v) is 14.5. The minimum absolute atomic E-state index is 0.344. The summed E-state index contributed by atoms with van der Waals surface area (Å²) in [7, 11) is -3.87. The minimum Gasteiger partial charge on any atom is -0.310 e. The lowest BCUT2D eigenvalue weighted by molar-refractivity contribution is 0.563. The van der Waals surface area contributed by atoms with Crippen molar-refractivity contribution >= 4 is 37.3 Å². The summed E-state index contributed by atoms with van der Waals surface area (Å²) in [5.41, 5.74) is 8.97. The maximum atomic E-state index is 14.8. The predicted molar refractivity (Wildman–Crippen MR) is 192 cm³/mol. The van der Waals surface area contributed by atoms with Crippen molar-refractivity contribution < 1.29 is 8.42 Å². The van der Waals surface area contributed by atoms with Gasteiger partial charge in [-0.2, -0.15) is 0 Å². The van der Waals surface area contributed by atoms with Crippen LogP contribution < -0.4 is 0 Å². The maximum absolute atomic E-state index is 14.8. The molecule has 0 N–H and O–H groups in total. The molecule has 0 saturated carbocycles. The molecule has 4 nitrogen and oxygen atoms in total. The Labute approximate surface area is 278 Å². The van der Waals surface area contributed by atoms with Crippen LogP contribution in [0.4, 0.5) is 0 Å². The summed E-state index contributed by atoms with van der Waals surface area (Å²) in [6.07, 6.45) is 17.1. The fraction of sp³-hybridized carbons (Fsp3) is 0.0233. The molecule has 0 fully saturated rings. The Morgan fingerprint density at radius 1 is 0.500 bits per heavy atom. The molecule has 0 spiro atoms. The summed E-state index contributed by atoms with van der Waals surface area (Å²) in [5, 5.41) is 1.91. The topological polar surface area (TPSA) is 42.3 Å². The van der Waals surface area contributed by atoms with Crippen LogP contribution in [0.1, 0.15) is 22.3 Å². The minimum atomic E-state index is -3.87. The van der Waals surface area contributed by atoms with Crippen molar-refractivity contribution in [3.8, 4) is 0 Å². The first kappa shape index (κ1) is 27.2. The zero-order chi connectivity index (χ0) is 32.0. The van der Waals surface area contributed by atoms with E-state index in [1.165, 1.54) is 0 Å². The third-order valence-corrected chi connectivity index (χ3v) is 12.0. The van der Waals surface area contributed by atoms with Gasteiger partial charge >= 0.3 is 0 Å². The van der Waals surface area contributed by atoms with E-state index in [1.807, 2.05) is 66.7 Å². The lowest BCUT2D eigenvalue weighted by Gasteiger charge is -2.42. The molecular formula is C43H28N2O2S. The number of allylic oxidation sites excluding steroid dienone is 9. The third kappa shape index (κ3) is 3.51. The fourth-order valence-electron chi connectivity index (χ4n) is 8.22. The maximum Gasteiger partial charge on any atom is 0.207 e. The van der Waals surface area contributed by atoms with Crippen molar-refractivity contribution in [1.29, 1.82) is 0 Å². The molecule has 0 amide bonds. The zero-order valence-electron chi connectivity index (χ0n) is 25.8. The number of benzene rings is 5. The molecule has 6 aromatic rings. The molecule has 228 valence electrons. The average molecular weight is 637 g/mol. The highest BCUT2D eigenvalue weighted by molar-refractivity contribution is 7.91. The zero-order valence-corrected chi connectivity index (χ0v) is 26.6. The standard InChI is InChI=1S/C43H28N2O2S/c46-48(47)41-24-10-8-22-37(41)43(29-13-3-1-4-14-29,30-15-5-2-6-16-30)38-28-40-36(27-42(38)48)35-21-7-9-23-39(35)45(40)34-25-32-19-11-17-31-18-12-20-33(26-34)44(31)32/h1-28H. The first-order chi connectivity index (χ1) is 23.6. The Morgan fingerprint density at radius 2 is 1.12 bits per heavy atom. The van der Waals surface area contributed by atoms with Crippen molar-refractivity contribution in [2.24, 2.45) is 0 Å². The smallest absolute Gasteiger partial charge is 0.207 e. The molecule has 5 heterocycles. The van der Waals surface area contributed by atoms with Gasteiger partial charge in [0.05, 0.1) is 31.9 Å². The summed E-state index contributed by atoms with van der Waals surface area (Å²) < 4.78 is 31.8. The van der Waals surface area contributed by atoms with E-state index in [4.69, 9.17) is 0 Å². The van der Waals surface area contributed by atoms with Crippen molar-refractivity contribution in [3.05, 3.63) is 209 Å². The molecule has 5 aromatic carbocycles. The van der Waals surface area contributed by atoms with Crippen molar-refractivity contribution in [3.63, 3.8) is 0 Å². The number of fused-ring (bicyclic) bond motifs is 5. The Bertz CT molecular complexity index is 2630. The molecule has 4 aliphatic heterocycles. The van der Waals surface area contributed by atoms with Gasteiger partial charge in [0.1, 0.15) is 0 Å². The van der Waals surface area contributed by atoms with E-state index in [2.05, 4.69) is 107 Å². The Hall–Kier alpha value is -5.91. The van der Waals surface area contributed by atoms with Crippen molar-refractivity contribution in [2.75, 3.05) is 0 Å². The molecule has 0 saturated heterocycles. The van der Waals surface area contributed by atoms with E-state index in [9.17, 15) is 8.42 Å². The molecule has 0 aliphatic carbocycles. The van der Waals surface area contributed by atoms with Gasteiger partial charge in [-0.15, -0.1) is 0 Å². The molecule has 0 bridgehead atoms. The van der Waals surface area contributed by atoms with Gasteiger partial charge in [-0.25, -0.2) is 8.42 Å². The Balaban J connectivity index is 1.37. The molecule has 4 aliphatic rings. The summed E-state index contributed by atoms with van der Waals surface area (Å²) in [6, 6.07) is 40.6. The van der Waals surface area contributed by atoms with Gasteiger partial charge in [0.25, 0.3) is 0 Å². The predicted octanol–water partition coefficient (Wildman–Crippen LogP) is 9.27. The van der Waals surface area contributed by atoms with Gasteiger partial charge in [-0.3, -0.25) is 0 Å². The lowest BCUT2D eigenvalue weighted by atomic mass is 9.64. The molecule has 0 unspecified atom stereocenters. The number of nitrogens with zero attached hydrogens (tertiary/aromatic N) is 2. The molecule has 1 aromatic heterocycles. The van der Waals surface area contributed by atoms with Gasteiger partial charge in [0, 0.05) is 27.9 Å². The molecule has 0 radical (unpaired) electrons. The van der Waals surface area contributed by atoms with Gasteiger partial charge in [0.2, 0.25) is 9.84 Å². The second kappa shape index (κ2) is 9.80. The van der Waals surface area contributed by atoms with Crippen LogP contribution in [0.2, 0.25) is 0 Å². The van der Waals surface area contributed by atoms with Crippen LogP contribution in [0.15, 0.2) is 197 Å². The van der Waals surface area contributed by atoms with E-state index in [1.54, 1.807) is 6.07 Å². The first-order valence-corrected chi connectivity index (χ1v) is 17.6. The number of hydrogen-bond donors (Lipinski definition) is 0. The number of para-hydroxylation sites is 1. The van der Waals surface area contributed by atoms with E-state index >= 15 is 0 Å². The molecule has 48 heavy (non-hydrogen) atoms. The Kier molecular flexibility index (Phi) is 5.56. The largest absolute Gasteiger partial charge is 0.310 e. The van der Waals surface area contributed by atoms with Crippen LogP contribution in [-0.4, -0.2) is 17.9 Å². The van der Waals surface area contributed by atoms with Gasteiger partial charge < -0.3 is 9.47 Å². The van der Waals surface area contributed by atoms with E-state index in [0.717, 1.165) is 66.8 Å². The highest BCUT2D eigenvalue weighted by atomic mass is 32.2. The first-order valence-electron chi connectivity index (χ1n) is 16.1. The summed E-state index contributed by atoms with van der Waals surface area (Å²) >= 11 is 0. The van der Waals surface area contributed by atoms with Crippen LogP contribution in [0, 0.1) is 0 Å². The molecular weight excluding hydrogens is 609 g/mol. The monoisotopic (exact) mass is 636 g/mol. The van der Waals surface area contributed by atoms with Gasteiger partial charge in [-0.1, -0.05) is 109 Å². The van der Waals surface area contributed by atoms with Crippen molar-refractivity contribution in [1.82, 2.24) is 9.47 Å². The number of hydrogen-bond acceptors (Lipinski definition) is 3. The highest BCUT2D eigenvalue weighted by Gasteiger charge is 2.49. The average Bonchev–Trinajstić information content (AvgIpc) is 3.46. The fourth-order valence-corrected chi connectivity index (χ4v) is 10.00. The quantitative estimate of drug-likeness (QED) is 0.194. The van der Waals surface area contributed by atoms with Crippen LogP contribution in [0.3, 0.4) is 0 Å². The SMILES string of the molecule is O=S1(=O)c2ccccc2C(c2ccccc2)(c2ccccc2)c2cc3c(cc21)c1ccccc1n3C1=CC2=CC=CC3=CC=CC(=C1)N32. The number of aromatic nitrogens is 1. The number of sulfone groups is 1. The molecule has 0 atom stereocenters. The second-order valence-electron chi connectivity index (χ2n) is 12.6. The summed E-state index contributed by atoms with van der Waals surface area (Å²) in [4.78, 5) is 2.95. The van der Waals surface area contributed by atoms with Crippen LogP contribution in [-0.2, 0) is 15.3 Å². The summed E-state index contributed by atoms with van der Waals surface area (Å²) in [5.74, 6) is 0. The summed E-state index contributed by atoms with van der Waals surface area (Å²) in [6.45, 7) is 0. The highest BCUT2D eigenvalue weighted by Crippen LogP contribution is 2.55. The molecule has 10 rings (SSSR count). The van der Waals surface area contributed by atoms with Crippen LogP contribution in [0.5, 0.6) is 0 Å². The van der Waals surface area contributed by atoms with E-state index in [0.29, 0.717) is 9.79 Å². The van der Waals surface area contributed by atoms with Gasteiger partial charge in [-0.05, 0) is 83.0 Å². The van der Waals surface area contributed by atoms with Crippen LogP contribution >= 0.6 is 0 Å². The van der Waals surface area contributed by atoms with Gasteiger partial charge in [0.15, 0.2) is 0 Å². The van der Waals surface area contributed by atoms with Crippen molar-refractivity contribution in [2.45, 2.75) is 15.2 Å².